The van der Waals surface area contributed by atoms with E-state index in [1.165, 1.54) is 54.5 Å². The summed E-state index contributed by atoms with van der Waals surface area (Å²) in [5.41, 5.74) is 1.76. The van der Waals surface area contributed by atoms with E-state index in [9.17, 15) is 14.0 Å². The maximum Gasteiger partial charge on any atom is 0.265 e. The van der Waals surface area contributed by atoms with Crippen molar-refractivity contribution in [3.63, 3.8) is 0 Å². The Bertz CT molecular complexity index is 1050. The van der Waals surface area contributed by atoms with Crippen LogP contribution in [0, 0.1) is 12.7 Å². The molecule has 1 amide bonds. The second-order valence-electron chi connectivity index (χ2n) is 6.52. The third kappa shape index (κ3) is 5.21. The first-order valence-electron chi connectivity index (χ1n) is 9.16. The number of Topliss-reactive ketones (excluding diaryl/α,β-unsaturated/α-hetero) is 1. The van der Waals surface area contributed by atoms with E-state index in [-0.39, 0.29) is 30.7 Å². The summed E-state index contributed by atoms with van der Waals surface area (Å²) in [6.07, 6.45) is 0. The van der Waals surface area contributed by atoms with Crippen LogP contribution in [-0.4, -0.2) is 30.4 Å². The van der Waals surface area contributed by atoms with Crippen molar-refractivity contribution in [2.24, 2.45) is 0 Å². The third-order valence-electron chi connectivity index (χ3n) is 4.35. The molecule has 8 heteroatoms. The lowest BCUT2D eigenvalue weighted by Crippen LogP contribution is -2.34. The number of amides is 1. The first-order valence-corrected chi connectivity index (χ1v) is 10.0. The van der Waals surface area contributed by atoms with E-state index in [0.717, 1.165) is 10.7 Å². The minimum atomic E-state index is -0.387. The van der Waals surface area contributed by atoms with Crippen LogP contribution in [0.1, 0.15) is 28.0 Å². The molecular weight excluding hydrogens is 407 g/mol. The Kier molecular flexibility index (Phi) is 6.79. The van der Waals surface area contributed by atoms with Crippen molar-refractivity contribution >= 4 is 28.7 Å². The number of benzene rings is 2. The minimum Gasteiger partial charge on any atom is -0.493 e. The standard InChI is InChI=1S/C22H21FN2O4S/c1-14(26)16-4-9-20(21(10-16)28-3)29-12-22(27)25(11-18-13-30-15(2)24-18)19-7-5-17(23)6-8-19/h4-10,13H,11-12H2,1-3H3. The van der Waals surface area contributed by atoms with Crippen LogP contribution in [0.5, 0.6) is 11.5 Å². The fraction of sp³-hybridized carbons (Fsp3) is 0.227. The average molecular weight is 428 g/mol. The average Bonchev–Trinajstić information content (AvgIpc) is 3.15. The first kappa shape index (κ1) is 21.4. The largest absolute Gasteiger partial charge is 0.493 e. The van der Waals surface area contributed by atoms with Gasteiger partial charge in [0.2, 0.25) is 0 Å². The number of hydrogen-bond donors (Lipinski definition) is 0. The smallest absolute Gasteiger partial charge is 0.265 e. The number of methoxy groups -OCH3 is 1. The molecule has 6 nitrogen and oxygen atoms in total. The number of thiazole rings is 1. The summed E-state index contributed by atoms with van der Waals surface area (Å²) in [6, 6.07) is 10.4. The molecule has 2 aromatic carbocycles. The maximum absolute atomic E-state index is 13.3. The number of carbonyl (C=O) groups excluding carboxylic acids is 2. The van der Waals surface area contributed by atoms with E-state index in [1.54, 1.807) is 18.2 Å². The van der Waals surface area contributed by atoms with Gasteiger partial charge in [-0.25, -0.2) is 9.37 Å². The van der Waals surface area contributed by atoms with Gasteiger partial charge in [0.15, 0.2) is 23.9 Å². The number of ketones is 1. The van der Waals surface area contributed by atoms with Gasteiger partial charge in [0.05, 0.1) is 24.4 Å². The third-order valence-corrected chi connectivity index (χ3v) is 5.17. The van der Waals surface area contributed by atoms with Crippen molar-refractivity contribution < 1.29 is 23.5 Å². The van der Waals surface area contributed by atoms with Crippen LogP contribution in [0.15, 0.2) is 47.8 Å². The minimum absolute atomic E-state index is 0.100. The van der Waals surface area contributed by atoms with Gasteiger partial charge in [0.1, 0.15) is 5.82 Å². The van der Waals surface area contributed by atoms with Crippen molar-refractivity contribution in [2.45, 2.75) is 20.4 Å². The van der Waals surface area contributed by atoms with Gasteiger partial charge < -0.3 is 14.4 Å². The van der Waals surface area contributed by atoms with Crippen LogP contribution in [-0.2, 0) is 11.3 Å². The zero-order valence-corrected chi connectivity index (χ0v) is 17.7. The van der Waals surface area contributed by atoms with Crippen molar-refractivity contribution in [2.75, 3.05) is 18.6 Å². The molecule has 0 aliphatic rings. The number of carbonyl (C=O) groups is 2. The molecule has 30 heavy (non-hydrogen) atoms. The summed E-state index contributed by atoms with van der Waals surface area (Å²) in [5, 5.41) is 2.77. The van der Waals surface area contributed by atoms with Crippen LogP contribution in [0.25, 0.3) is 0 Å². The molecule has 156 valence electrons. The van der Waals surface area contributed by atoms with E-state index >= 15 is 0 Å². The molecule has 0 saturated carbocycles. The summed E-state index contributed by atoms with van der Waals surface area (Å²) < 4.78 is 24.3. The van der Waals surface area contributed by atoms with E-state index in [1.807, 2.05) is 12.3 Å². The molecule has 1 heterocycles. The number of ether oxygens (including phenoxy) is 2. The van der Waals surface area contributed by atoms with Crippen molar-refractivity contribution in [1.29, 1.82) is 0 Å². The Morgan fingerprint density at radius 1 is 1.13 bits per heavy atom. The van der Waals surface area contributed by atoms with Crippen LogP contribution in [0.2, 0.25) is 0 Å². The predicted molar refractivity (Wildman–Crippen MR) is 113 cm³/mol. The lowest BCUT2D eigenvalue weighted by atomic mass is 10.1. The normalized spacial score (nSPS) is 10.5. The molecule has 0 aliphatic carbocycles. The highest BCUT2D eigenvalue weighted by Crippen LogP contribution is 2.28. The van der Waals surface area contributed by atoms with Crippen LogP contribution < -0.4 is 14.4 Å². The molecule has 0 fully saturated rings. The van der Waals surface area contributed by atoms with E-state index in [2.05, 4.69) is 4.98 Å². The SMILES string of the molecule is COc1cc(C(C)=O)ccc1OCC(=O)N(Cc1csc(C)n1)c1ccc(F)cc1. The molecule has 0 N–H and O–H groups in total. The summed E-state index contributed by atoms with van der Waals surface area (Å²) in [6.45, 7) is 3.31. The molecule has 3 rings (SSSR count). The molecule has 1 aromatic heterocycles. The lowest BCUT2D eigenvalue weighted by Gasteiger charge is -2.22. The van der Waals surface area contributed by atoms with Crippen LogP contribution in [0.3, 0.4) is 0 Å². The van der Waals surface area contributed by atoms with Gasteiger partial charge in [0, 0.05) is 16.6 Å². The van der Waals surface area contributed by atoms with Crippen molar-refractivity contribution in [1.82, 2.24) is 4.98 Å². The Morgan fingerprint density at radius 2 is 1.87 bits per heavy atom. The molecule has 0 radical (unpaired) electrons. The van der Waals surface area contributed by atoms with Gasteiger partial charge in [-0.15, -0.1) is 11.3 Å². The summed E-state index contributed by atoms with van der Waals surface area (Å²) in [4.78, 5) is 30.4. The highest BCUT2D eigenvalue weighted by Gasteiger charge is 2.19. The monoisotopic (exact) mass is 428 g/mol. The molecule has 0 atom stereocenters. The molecule has 0 aliphatic heterocycles. The number of aryl methyl sites for hydroxylation is 1. The highest BCUT2D eigenvalue weighted by molar-refractivity contribution is 7.09. The number of aromatic nitrogens is 1. The molecule has 0 unspecified atom stereocenters. The molecule has 0 saturated heterocycles. The van der Waals surface area contributed by atoms with Crippen molar-refractivity contribution in [3.05, 3.63) is 69.9 Å². The number of hydrogen-bond acceptors (Lipinski definition) is 6. The topological polar surface area (TPSA) is 68.7 Å². The van der Waals surface area contributed by atoms with Gasteiger partial charge >= 0.3 is 0 Å². The quantitative estimate of drug-likeness (QED) is 0.497. The number of rotatable bonds is 8. The summed E-state index contributed by atoms with van der Waals surface area (Å²) >= 11 is 1.49. The van der Waals surface area contributed by atoms with E-state index < -0.39 is 0 Å². The first-order chi connectivity index (χ1) is 14.4. The Balaban J connectivity index is 1.79. The fourth-order valence-electron chi connectivity index (χ4n) is 2.81. The fourth-order valence-corrected chi connectivity index (χ4v) is 3.41. The number of nitrogens with zero attached hydrogens (tertiary/aromatic N) is 2. The second-order valence-corrected chi connectivity index (χ2v) is 7.59. The van der Waals surface area contributed by atoms with E-state index in [0.29, 0.717) is 22.7 Å². The second kappa shape index (κ2) is 9.49. The zero-order valence-electron chi connectivity index (χ0n) is 16.8. The van der Waals surface area contributed by atoms with E-state index in [4.69, 9.17) is 9.47 Å². The highest BCUT2D eigenvalue weighted by atomic mass is 32.1. The molecule has 0 spiro atoms. The Hall–Kier alpha value is -3.26. The summed E-state index contributed by atoms with van der Waals surface area (Å²) in [5.74, 6) is -0.109. The summed E-state index contributed by atoms with van der Waals surface area (Å²) in [7, 11) is 1.46. The Labute approximate surface area is 177 Å². The predicted octanol–water partition coefficient (Wildman–Crippen LogP) is 4.41. The molecular formula is C22H21FN2O4S. The molecule has 0 bridgehead atoms. The van der Waals surface area contributed by atoms with Gasteiger partial charge in [0.25, 0.3) is 5.91 Å². The molecule has 3 aromatic rings. The van der Waals surface area contributed by atoms with Gasteiger partial charge in [-0.2, -0.15) is 0 Å². The van der Waals surface area contributed by atoms with Gasteiger partial charge in [-0.05, 0) is 56.3 Å². The van der Waals surface area contributed by atoms with Gasteiger partial charge in [-0.3, -0.25) is 9.59 Å². The van der Waals surface area contributed by atoms with Crippen LogP contribution in [0.4, 0.5) is 10.1 Å². The van der Waals surface area contributed by atoms with Crippen molar-refractivity contribution in [3.8, 4) is 11.5 Å². The number of anilines is 1. The van der Waals surface area contributed by atoms with Gasteiger partial charge in [-0.1, -0.05) is 0 Å². The maximum atomic E-state index is 13.3. The zero-order chi connectivity index (χ0) is 21.7. The Morgan fingerprint density at radius 3 is 2.47 bits per heavy atom. The van der Waals surface area contributed by atoms with Crippen LogP contribution >= 0.6 is 11.3 Å². The lowest BCUT2D eigenvalue weighted by molar-refractivity contribution is -0.120. The number of halogens is 1.